The SMILES string of the molecule is O=c1[nH]c2ccccc2cc1-c1cccc(OCCCO)c1. The summed E-state index contributed by atoms with van der Waals surface area (Å²) in [7, 11) is 0. The maximum atomic E-state index is 12.3. The highest BCUT2D eigenvalue weighted by atomic mass is 16.5. The van der Waals surface area contributed by atoms with Gasteiger partial charge in [0.1, 0.15) is 5.75 Å². The fraction of sp³-hybridized carbons (Fsp3) is 0.167. The van der Waals surface area contributed by atoms with Crippen LogP contribution in [0.1, 0.15) is 6.42 Å². The Labute approximate surface area is 128 Å². The summed E-state index contributed by atoms with van der Waals surface area (Å²) < 4.78 is 5.56. The van der Waals surface area contributed by atoms with Gasteiger partial charge in [-0.3, -0.25) is 4.79 Å². The van der Waals surface area contributed by atoms with Gasteiger partial charge in [-0.2, -0.15) is 0 Å². The van der Waals surface area contributed by atoms with Crippen LogP contribution in [-0.4, -0.2) is 23.3 Å². The fourth-order valence-electron chi connectivity index (χ4n) is 2.37. The monoisotopic (exact) mass is 295 g/mol. The molecular weight excluding hydrogens is 278 g/mol. The lowest BCUT2D eigenvalue weighted by molar-refractivity contribution is 0.233. The Bertz CT molecular complexity index is 839. The minimum absolute atomic E-state index is 0.101. The van der Waals surface area contributed by atoms with Crippen LogP contribution in [0.5, 0.6) is 5.75 Å². The van der Waals surface area contributed by atoms with Crippen molar-refractivity contribution in [2.24, 2.45) is 0 Å². The molecule has 2 N–H and O–H groups in total. The van der Waals surface area contributed by atoms with Crippen LogP contribution in [0.3, 0.4) is 0 Å². The third kappa shape index (κ3) is 3.02. The molecule has 0 spiro atoms. The van der Waals surface area contributed by atoms with Gasteiger partial charge in [0.15, 0.2) is 0 Å². The van der Waals surface area contributed by atoms with E-state index in [4.69, 9.17) is 9.84 Å². The van der Waals surface area contributed by atoms with Gasteiger partial charge < -0.3 is 14.8 Å². The molecule has 0 bridgehead atoms. The minimum atomic E-state index is -0.119. The quantitative estimate of drug-likeness (QED) is 0.711. The molecule has 3 rings (SSSR count). The average molecular weight is 295 g/mol. The van der Waals surface area contributed by atoms with Gasteiger partial charge in [-0.25, -0.2) is 0 Å². The Morgan fingerprint density at radius 3 is 2.77 bits per heavy atom. The topological polar surface area (TPSA) is 62.3 Å². The third-order valence-corrected chi connectivity index (χ3v) is 3.47. The highest BCUT2D eigenvalue weighted by Gasteiger charge is 2.06. The third-order valence-electron chi connectivity index (χ3n) is 3.47. The molecule has 0 radical (unpaired) electrons. The molecule has 1 heterocycles. The van der Waals surface area contributed by atoms with Crippen LogP contribution in [-0.2, 0) is 0 Å². The van der Waals surface area contributed by atoms with Gasteiger partial charge in [-0.1, -0.05) is 30.3 Å². The van der Waals surface area contributed by atoms with Crippen LogP contribution in [0.25, 0.3) is 22.0 Å². The zero-order chi connectivity index (χ0) is 15.4. The summed E-state index contributed by atoms with van der Waals surface area (Å²) in [5, 5.41) is 9.78. The highest BCUT2D eigenvalue weighted by Crippen LogP contribution is 2.23. The first-order valence-corrected chi connectivity index (χ1v) is 7.24. The maximum Gasteiger partial charge on any atom is 0.256 e. The van der Waals surface area contributed by atoms with Crippen molar-refractivity contribution >= 4 is 10.9 Å². The normalized spacial score (nSPS) is 10.8. The molecule has 0 fully saturated rings. The van der Waals surface area contributed by atoms with E-state index in [0.717, 1.165) is 16.5 Å². The van der Waals surface area contributed by atoms with Gasteiger partial charge in [0.05, 0.1) is 6.61 Å². The Kier molecular flexibility index (Phi) is 4.21. The fourth-order valence-corrected chi connectivity index (χ4v) is 2.37. The Morgan fingerprint density at radius 1 is 1.05 bits per heavy atom. The molecule has 0 aliphatic carbocycles. The van der Waals surface area contributed by atoms with Crippen LogP contribution in [0.15, 0.2) is 59.4 Å². The second kappa shape index (κ2) is 6.45. The van der Waals surface area contributed by atoms with Crippen molar-refractivity contribution in [2.75, 3.05) is 13.2 Å². The van der Waals surface area contributed by atoms with E-state index in [9.17, 15) is 4.79 Å². The Balaban J connectivity index is 1.98. The number of hydrogen-bond acceptors (Lipinski definition) is 3. The molecule has 0 amide bonds. The summed E-state index contributed by atoms with van der Waals surface area (Å²) in [6, 6.07) is 17.0. The first-order valence-electron chi connectivity index (χ1n) is 7.24. The first-order chi connectivity index (χ1) is 10.8. The smallest absolute Gasteiger partial charge is 0.256 e. The van der Waals surface area contributed by atoms with Crippen molar-refractivity contribution in [3.05, 3.63) is 65.0 Å². The molecule has 4 nitrogen and oxygen atoms in total. The standard InChI is InChI=1S/C18H17NO3/c20-9-4-10-22-15-7-3-6-13(11-15)16-12-14-5-1-2-8-17(14)19-18(16)21/h1-3,5-8,11-12,20H,4,9-10H2,(H,19,21). The molecule has 0 aliphatic rings. The number of ether oxygens (including phenoxy) is 1. The molecule has 0 saturated heterocycles. The number of nitrogens with one attached hydrogen (secondary N) is 1. The number of para-hydroxylation sites is 1. The van der Waals surface area contributed by atoms with Crippen molar-refractivity contribution in [2.45, 2.75) is 6.42 Å². The molecule has 112 valence electrons. The van der Waals surface area contributed by atoms with Crippen molar-refractivity contribution in [1.29, 1.82) is 0 Å². The van der Waals surface area contributed by atoms with E-state index in [-0.39, 0.29) is 12.2 Å². The molecule has 0 aliphatic heterocycles. The van der Waals surface area contributed by atoms with Gasteiger partial charge in [-0.05, 0) is 35.2 Å². The summed E-state index contributed by atoms with van der Waals surface area (Å²) in [4.78, 5) is 15.2. The molecule has 0 unspecified atom stereocenters. The van der Waals surface area contributed by atoms with Crippen molar-refractivity contribution < 1.29 is 9.84 Å². The van der Waals surface area contributed by atoms with Gasteiger partial charge >= 0.3 is 0 Å². The van der Waals surface area contributed by atoms with Crippen molar-refractivity contribution in [1.82, 2.24) is 4.98 Å². The number of aromatic nitrogens is 1. The molecule has 2 aromatic carbocycles. The van der Waals surface area contributed by atoms with Gasteiger partial charge in [-0.15, -0.1) is 0 Å². The van der Waals surface area contributed by atoms with E-state index in [1.165, 1.54) is 0 Å². The van der Waals surface area contributed by atoms with E-state index in [1.54, 1.807) is 0 Å². The lowest BCUT2D eigenvalue weighted by Gasteiger charge is -2.08. The van der Waals surface area contributed by atoms with E-state index in [2.05, 4.69) is 4.98 Å². The van der Waals surface area contributed by atoms with Crippen LogP contribution in [0, 0.1) is 0 Å². The number of aliphatic hydroxyl groups excluding tert-OH is 1. The number of H-pyrrole nitrogens is 1. The summed E-state index contributed by atoms with van der Waals surface area (Å²) in [5.41, 5.74) is 2.14. The Hall–Kier alpha value is -2.59. The van der Waals surface area contributed by atoms with E-state index < -0.39 is 0 Å². The van der Waals surface area contributed by atoms with Gasteiger partial charge in [0, 0.05) is 24.1 Å². The van der Waals surface area contributed by atoms with E-state index in [0.29, 0.717) is 24.3 Å². The number of pyridine rings is 1. The maximum absolute atomic E-state index is 12.3. The number of aromatic amines is 1. The number of rotatable bonds is 5. The number of benzene rings is 2. The summed E-state index contributed by atoms with van der Waals surface area (Å²) in [6.45, 7) is 0.554. The largest absolute Gasteiger partial charge is 0.493 e. The van der Waals surface area contributed by atoms with E-state index >= 15 is 0 Å². The second-order valence-corrected chi connectivity index (χ2v) is 5.05. The average Bonchev–Trinajstić information content (AvgIpc) is 2.55. The van der Waals surface area contributed by atoms with Crippen molar-refractivity contribution in [3.63, 3.8) is 0 Å². The molecule has 4 heteroatoms. The Morgan fingerprint density at radius 2 is 1.91 bits per heavy atom. The summed E-state index contributed by atoms with van der Waals surface area (Å²) in [5.74, 6) is 0.693. The van der Waals surface area contributed by atoms with Crippen LogP contribution in [0.4, 0.5) is 0 Å². The predicted octanol–water partition coefficient (Wildman–Crippen LogP) is 2.96. The van der Waals surface area contributed by atoms with Crippen molar-refractivity contribution in [3.8, 4) is 16.9 Å². The molecule has 0 saturated carbocycles. The molecule has 0 atom stereocenters. The number of fused-ring (bicyclic) bond motifs is 1. The van der Waals surface area contributed by atoms with Gasteiger partial charge in [0.2, 0.25) is 0 Å². The summed E-state index contributed by atoms with van der Waals surface area (Å²) >= 11 is 0. The number of aliphatic hydroxyl groups is 1. The predicted molar refractivity (Wildman–Crippen MR) is 87.2 cm³/mol. The van der Waals surface area contributed by atoms with Gasteiger partial charge in [0.25, 0.3) is 5.56 Å². The zero-order valence-electron chi connectivity index (χ0n) is 12.1. The molecular formula is C18H17NO3. The lowest BCUT2D eigenvalue weighted by Crippen LogP contribution is -2.08. The van der Waals surface area contributed by atoms with Crippen LogP contribution < -0.4 is 10.3 Å². The van der Waals surface area contributed by atoms with Crippen LogP contribution in [0.2, 0.25) is 0 Å². The number of hydrogen-bond donors (Lipinski definition) is 2. The molecule has 1 aromatic heterocycles. The minimum Gasteiger partial charge on any atom is -0.493 e. The first kappa shape index (κ1) is 14.4. The highest BCUT2D eigenvalue weighted by molar-refractivity contribution is 5.83. The molecule has 22 heavy (non-hydrogen) atoms. The van der Waals surface area contributed by atoms with E-state index in [1.807, 2.05) is 54.6 Å². The summed E-state index contributed by atoms with van der Waals surface area (Å²) in [6.07, 6.45) is 0.584. The lowest BCUT2D eigenvalue weighted by atomic mass is 10.0. The second-order valence-electron chi connectivity index (χ2n) is 5.05. The van der Waals surface area contributed by atoms with Crippen LogP contribution >= 0.6 is 0 Å². The molecule has 3 aromatic rings. The zero-order valence-corrected chi connectivity index (χ0v) is 12.1.